The molecule has 10 heteroatoms. The van der Waals surface area contributed by atoms with Crippen LogP contribution in [0.1, 0.15) is 25.1 Å². The minimum absolute atomic E-state index is 0.0770. The molecule has 3 heterocycles. The molecule has 0 aliphatic rings. The van der Waals surface area contributed by atoms with Crippen LogP contribution in [0.3, 0.4) is 0 Å². The Hall–Kier alpha value is -4.73. The molecule has 38 heavy (non-hydrogen) atoms. The number of rotatable bonds is 8. The van der Waals surface area contributed by atoms with E-state index in [2.05, 4.69) is 20.1 Å². The second-order valence-electron chi connectivity index (χ2n) is 8.67. The molecular formula is C28H27FN6O3. The highest BCUT2D eigenvalue weighted by Gasteiger charge is 2.24. The van der Waals surface area contributed by atoms with Gasteiger partial charge in [0.15, 0.2) is 11.3 Å². The van der Waals surface area contributed by atoms with Crippen LogP contribution in [0, 0.1) is 12.7 Å². The number of benzene rings is 2. The van der Waals surface area contributed by atoms with Crippen molar-refractivity contribution in [3.8, 4) is 28.7 Å². The number of anilines is 1. The molecule has 0 saturated carbocycles. The van der Waals surface area contributed by atoms with Crippen LogP contribution in [-0.2, 0) is 6.61 Å². The van der Waals surface area contributed by atoms with Crippen LogP contribution in [0.4, 0.5) is 10.1 Å². The van der Waals surface area contributed by atoms with Crippen LogP contribution in [0.15, 0.2) is 65.6 Å². The van der Waals surface area contributed by atoms with Crippen LogP contribution in [0.5, 0.6) is 11.6 Å². The third kappa shape index (κ3) is 4.45. The van der Waals surface area contributed by atoms with E-state index in [4.69, 9.17) is 4.74 Å². The molecule has 0 saturated heterocycles. The molecule has 0 aliphatic carbocycles. The van der Waals surface area contributed by atoms with Crippen molar-refractivity contribution in [3.05, 3.63) is 88.2 Å². The number of hydrogen-bond donors (Lipinski definition) is 2. The van der Waals surface area contributed by atoms with Crippen molar-refractivity contribution in [2.24, 2.45) is 0 Å². The quantitative estimate of drug-likeness (QED) is 0.308. The first-order valence-electron chi connectivity index (χ1n) is 12.3. The van der Waals surface area contributed by atoms with Crippen LogP contribution in [-0.4, -0.2) is 42.9 Å². The van der Waals surface area contributed by atoms with Gasteiger partial charge in [0.25, 0.3) is 5.56 Å². The van der Waals surface area contributed by atoms with E-state index in [9.17, 15) is 14.3 Å². The average molecular weight is 515 g/mol. The summed E-state index contributed by atoms with van der Waals surface area (Å²) < 4.78 is 22.3. The number of aromatic hydroxyl groups is 1. The third-order valence-corrected chi connectivity index (χ3v) is 6.37. The predicted molar refractivity (Wildman–Crippen MR) is 143 cm³/mol. The van der Waals surface area contributed by atoms with Crippen molar-refractivity contribution in [2.75, 3.05) is 18.0 Å². The Balaban J connectivity index is 1.70. The molecule has 0 spiro atoms. The second kappa shape index (κ2) is 10.3. The minimum Gasteiger partial charge on any atom is -0.492 e. The third-order valence-electron chi connectivity index (χ3n) is 6.37. The van der Waals surface area contributed by atoms with E-state index in [1.54, 1.807) is 27.8 Å². The van der Waals surface area contributed by atoms with Crippen molar-refractivity contribution < 1.29 is 14.2 Å². The fourth-order valence-electron chi connectivity index (χ4n) is 4.46. The Morgan fingerprint density at radius 1 is 1.08 bits per heavy atom. The van der Waals surface area contributed by atoms with E-state index in [0.717, 1.165) is 5.69 Å². The Morgan fingerprint density at radius 3 is 2.47 bits per heavy atom. The molecule has 194 valence electrons. The van der Waals surface area contributed by atoms with Gasteiger partial charge in [0.2, 0.25) is 5.88 Å². The molecule has 5 aromatic rings. The van der Waals surface area contributed by atoms with E-state index in [1.165, 1.54) is 12.3 Å². The summed E-state index contributed by atoms with van der Waals surface area (Å²) in [6.45, 7) is 6.56. The van der Waals surface area contributed by atoms with Crippen LogP contribution < -0.4 is 15.2 Å². The number of para-hydroxylation sites is 1. The molecule has 0 fully saturated rings. The fraction of sp³-hybridized carbons (Fsp3) is 0.214. The molecule has 2 aromatic carbocycles. The zero-order valence-electron chi connectivity index (χ0n) is 21.3. The van der Waals surface area contributed by atoms with Gasteiger partial charge in [0.05, 0.1) is 22.3 Å². The predicted octanol–water partition coefficient (Wildman–Crippen LogP) is 4.75. The van der Waals surface area contributed by atoms with Gasteiger partial charge in [-0.1, -0.05) is 36.4 Å². The van der Waals surface area contributed by atoms with Crippen molar-refractivity contribution in [2.45, 2.75) is 27.4 Å². The number of pyridine rings is 1. The first-order valence-corrected chi connectivity index (χ1v) is 12.3. The molecule has 0 radical (unpaired) electrons. The standard InChI is InChI=1S/C28H27FN6O3/c1-4-34(5-2)23-27(36)31-25(32-28(23)37)20-15-30-26-22(17(3)33-35(26)19-12-7-6-8-13-19)24(20)38-16-18-11-9-10-14-21(18)29/h6-15H,4-5,16H2,1-3H3,(H2,31,32,36,37). The second-order valence-corrected chi connectivity index (χ2v) is 8.67. The van der Waals surface area contributed by atoms with Crippen LogP contribution in [0.2, 0.25) is 0 Å². The molecular weight excluding hydrogens is 487 g/mol. The van der Waals surface area contributed by atoms with Crippen LogP contribution in [0.25, 0.3) is 28.1 Å². The number of aromatic nitrogens is 5. The van der Waals surface area contributed by atoms with Crippen molar-refractivity contribution in [3.63, 3.8) is 0 Å². The highest BCUT2D eigenvalue weighted by atomic mass is 19.1. The lowest BCUT2D eigenvalue weighted by Gasteiger charge is -2.20. The number of aromatic amines is 1. The van der Waals surface area contributed by atoms with E-state index in [0.29, 0.717) is 46.7 Å². The maximum Gasteiger partial charge on any atom is 0.278 e. The minimum atomic E-state index is -0.493. The van der Waals surface area contributed by atoms with Crippen molar-refractivity contribution in [1.29, 1.82) is 0 Å². The summed E-state index contributed by atoms with van der Waals surface area (Å²) in [5.74, 6) is -0.405. The van der Waals surface area contributed by atoms with Crippen molar-refractivity contribution >= 4 is 16.7 Å². The molecule has 2 N–H and O–H groups in total. The lowest BCUT2D eigenvalue weighted by Crippen LogP contribution is -2.29. The lowest BCUT2D eigenvalue weighted by atomic mass is 10.1. The topological polar surface area (TPSA) is 109 Å². The van der Waals surface area contributed by atoms with Gasteiger partial charge < -0.3 is 19.7 Å². The van der Waals surface area contributed by atoms with E-state index >= 15 is 0 Å². The van der Waals surface area contributed by atoms with Gasteiger partial charge in [0.1, 0.15) is 24.0 Å². The number of aryl methyl sites for hydroxylation is 1. The number of nitrogens with zero attached hydrogens (tertiary/aromatic N) is 5. The van der Waals surface area contributed by atoms with Gasteiger partial charge in [-0.15, -0.1) is 0 Å². The Kier molecular flexibility index (Phi) is 6.78. The van der Waals surface area contributed by atoms with Gasteiger partial charge in [-0.05, 0) is 39.0 Å². The summed E-state index contributed by atoms with van der Waals surface area (Å²) in [5, 5.41) is 16.0. The average Bonchev–Trinajstić information content (AvgIpc) is 3.27. The summed E-state index contributed by atoms with van der Waals surface area (Å²) in [4.78, 5) is 26.4. The molecule has 0 amide bonds. The normalized spacial score (nSPS) is 11.2. The number of halogens is 1. The maximum absolute atomic E-state index is 14.4. The smallest absolute Gasteiger partial charge is 0.278 e. The number of ether oxygens (including phenoxy) is 1. The SMILES string of the molecule is CCN(CC)c1c(O)nc(-c2cnc3c(c(C)nn3-c3ccccc3)c2OCc2ccccc2F)[nH]c1=O. The largest absolute Gasteiger partial charge is 0.492 e. The number of fused-ring (bicyclic) bond motifs is 1. The Labute approximate surface area is 218 Å². The van der Waals surface area contributed by atoms with Gasteiger partial charge in [-0.3, -0.25) is 4.79 Å². The lowest BCUT2D eigenvalue weighted by molar-refractivity contribution is 0.304. The summed E-state index contributed by atoms with van der Waals surface area (Å²) in [7, 11) is 0. The summed E-state index contributed by atoms with van der Waals surface area (Å²) >= 11 is 0. The molecule has 0 atom stereocenters. The molecule has 3 aromatic heterocycles. The molecule has 9 nitrogen and oxygen atoms in total. The maximum atomic E-state index is 14.4. The Bertz CT molecular complexity index is 1660. The van der Waals surface area contributed by atoms with Gasteiger partial charge in [0, 0.05) is 24.8 Å². The highest BCUT2D eigenvalue weighted by Crippen LogP contribution is 2.38. The Morgan fingerprint density at radius 2 is 1.79 bits per heavy atom. The van der Waals surface area contributed by atoms with Gasteiger partial charge in [-0.2, -0.15) is 10.1 Å². The number of nitrogens with one attached hydrogen (secondary N) is 1. The fourth-order valence-corrected chi connectivity index (χ4v) is 4.46. The van der Waals surface area contributed by atoms with E-state index < -0.39 is 17.3 Å². The summed E-state index contributed by atoms with van der Waals surface area (Å²) in [5.41, 5.74) is 2.24. The van der Waals surface area contributed by atoms with Gasteiger partial charge >= 0.3 is 0 Å². The van der Waals surface area contributed by atoms with Gasteiger partial charge in [-0.25, -0.2) is 14.1 Å². The highest BCUT2D eigenvalue weighted by molar-refractivity contribution is 5.92. The van der Waals surface area contributed by atoms with Crippen molar-refractivity contribution in [1.82, 2.24) is 24.7 Å². The molecule has 5 rings (SSSR count). The number of hydrogen-bond acceptors (Lipinski definition) is 7. The molecule has 0 bridgehead atoms. The van der Waals surface area contributed by atoms with Crippen LogP contribution >= 0.6 is 0 Å². The van der Waals surface area contributed by atoms with E-state index in [-0.39, 0.29) is 18.1 Å². The zero-order chi connectivity index (χ0) is 26.8. The molecule has 0 aliphatic heterocycles. The molecule has 0 unspecified atom stereocenters. The zero-order valence-corrected chi connectivity index (χ0v) is 21.3. The summed E-state index contributed by atoms with van der Waals surface area (Å²) in [6, 6.07) is 15.9. The number of H-pyrrole nitrogens is 1. The first kappa shape index (κ1) is 24.9. The van der Waals surface area contributed by atoms with E-state index in [1.807, 2.05) is 51.1 Å². The monoisotopic (exact) mass is 514 g/mol. The first-order chi connectivity index (χ1) is 18.4. The summed E-state index contributed by atoms with van der Waals surface area (Å²) in [6.07, 6.45) is 1.51.